The third-order valence-corrected chi connectivity index (χ3v) is 4.33. The number of nitriles is 1. The molecule has 0 spiro atoms. The monoisotopic (exact) mass is 337 g/mol. The van der Waals surface area contributed by atoms with Crippen LogP contribution >= 0.6 is 0 Å². The van der Waals surface area contributed by atoms with Crippen molar-refractivity contribution in [2.24, 2.45) is 0 Å². The van der Waals surface area contributed by atoms with E-state index in [1.54, 1.807) is 17.9 Å². The number of piperazine rings is 1. The Bertz CT molecular complexity index is 661. The van der Waals surface area contributed by atoms with Gasteiger partial charge in [-0.3, -0.25) is 4.90 Å². The van der Waals surface area contributed by atoms with E-state index in [1.807, 2.05) is 0 Å². The maximum absolute atomic E-state index is 13.6. The topological polar surface area (TPSA) is 108 Å². The second-order valence-electron chi connectivity index (χ2n) is 5.88. The number of amides is 1. The third-order valence-electron chi connectivity index (χ3n) is 4.33. The number of halogens is 1. The van der Waals surface area contributed by atoms with Gasteiger partial charge in [-0.15, -0.1) is 0 Å². The Morgan fingerprint density at radius 1 is 1.50 bits per heavy atom. The molecular weight excluding hydrogens is 317 g/mol. The van der Waals surface area contributed by atoms with Gasteiger partial charge in [-0.05, 0) is 30.2 Å². The van der Waals surface area contributed by atoms with E-state index < -0.39 is 24.1 Å². The van der Waals surface area contributed by atoms with Crippen LogP contribution in [0.4, 0.5) is 9.18 Å². The number of carboxylic acid groups (broad SMARTS) is 1. The highest BCUT2D eigenvalue weighted by Crippen LogP contribution is 2.24. The molecule has 1 heterocycles. The van der Waals surface area contributed by atoms with Crippen LogP contribution in [0.5, 0.6) is 0 Å². The summed E-state index contributed by atoms with van der Waals surface area (Å²) in [5.41, 5.74) is 0.845. The van der Waals surface area contributed by atoms with Crippen LogP contribution in [0.25, 0.3) is 0 Å². The average molecular weight is 337 g/mol. The van der Waals surface area contributed by atoms with Crippen molar-refractivity contribution in [1.29, 1.82) is 5.26 Å². The summed E-state index contributed by atoms with van der Waals surface area (Å²) in [6, 6.07) is 3.87. The Kier molecular flexibility index (Phi) is 5.72. The number of β-amino-alcohol motifs (C(OH)–C–C–N with tert-alkyl or cyclic N) is 1. The van der Waals surface area contributed by atoms with E-state index in [-0.39, 0.29) is 31.8 Å². The van der Waals surface area contributed by atoms with Gasteiger partial charge in [0.25, 0.3) is 0 Å². The molecule has 24 heavy (non-hydrogen) atoms. The van der Waals surface area contributed by atoms with E-state index >= 15 is 0 Å². The second kappa shape index (κ2) is 7.57. The number of rotatable bonds is 4. The molecule has 0 saturated carbocycles. The highest BCUT2D eigenvalue weighted by molar-refractivity contribution is 5.65. The molecule has 130 valence electrons. The van der Waals surface area contributed by atoms with Crippen LogP contribution in [-0.4, -0.2) is 70.0 Å². The standard InChI is InChI=1S/C16H20FN3O4/c1-10-4-14(17)11(6-18)5-13(10)15(22)8-19-2-3-20(16(23)24)7-12(19)9-21/h4-5,12,15,21-22H,2-3,7-9H2,1H3,(H,23,24)/t12-,15?/m0/s1. The Balaban J connectivity index is 2.13. The SMILES string of the molecule is Cc1cc(F)c(C#N)cc1C(O)CN1CCN(C(=O)O)C[C@H]1CO. The minimum Gasteiger partial charge on any atom is -0.465 e. The quantitative estimate of drug-likeness (QED) is 0.746. The van der Waals surface area contributed by atoms with E-state index in [9.17, 15) is 19.4 Å². The fourth-order valence-corrected chi connectivity index (χ4v) is 2.93. The molecule has 1 aliphatic rings. The summed E-state index contributed by atoms with van der Waals surface area (Å²) >= 11 is 0. The molecule has 8 heteroatoms. The Labute approximate surface area is 139 Å². The molecule has 1 aliphatic heterocycles. The largest absolute Gasteiger partial charge is 0.465 e. The smallest absolute Gasteiger partial charge is 0.407 e. The number of hydrogen-bond acceptors (Lipinski definition) is 5. The number of aryl methyl sites for hydroxylation is 1. The minimum absolute atomic E-state index is 0.135. The van der Waals surface area contributed by atoms with Gasteiger partial charge < -0.3 is 20.2 Å². The zero-order valence-electron chi connectivity index (χ0n) is 13.3. The third kappa shape index (κ3) is 3.82. The van der Waals surface area contributed by atoms with Crippen molar-refractivity contribution in [2.45, 2.75) is 19.1 Å². The number of nitrogens with zero attached hydrogens (tertiary/aromatic N) is 3. The van der Waals surface area contributed by atoms with Crippen LogP contribution in [0, 0.1) is 24.1 Å². The summed E-state index contributed by atoms with van der Waals surface area (Å²) in [7, 11) is 0. The first-order valence-electron chi connectivity index (χ1n) is 7.58. The zero-order chi connectivity index (χ0) is 17.9. The van der Waals surface area contributed by atoms with Gasteiger partial charge in [0.1, 0.15) is 11.9 Å². The van der Waals surface area contributed by atoms with Crippen molar-refractivity contribution in [3.05, 3.63) is 34.6 Å². The van der Waals surface area contributed by atoms with Crippen molar-refractivity contribution in [3.63, 3.8) is 0 Å². The van der Waals surface area contributed by atoms with Crippen LogP contribution in [-0.2, 0) is 0 Å². The number of aliphatic hydroxyl groups is 2. The molecule has 1 saturated heterocycles. The molecule has 0 radical (unpaired) electrons. The molecule has 0 aliphatic carbocycles. The Morgan fingerprint density at radius 3 is 2.79 bits per heavy atom. The van der Waals surface area contributed by atoms with Gasteiger partial charge >= 0.3 is 6.09 Å². The highest BCUT2D eigenvalue weighted by atomic mass is 19.1. The maximum atomic E-state index is 13.6. The van der Waals surface area contributed by atoms with Crippen molar-refractivity contribution in [3.8, 4) is 6.07 Å². The van der Waals surface area contributed by atoms with Crippen molar-refractivity contribution in [2.75, 3.05) is 32.8 Å². The van der Waals surface area contributed by atoms with Crippen LogP contribution in [0.15, 0.2) is 12.1 Å². The summed E-state index contributed by atoms with van der Waals surface area (Å²) < 4.78 is 13.6. The average Bonchev–Trinajstić information content (AvgIpc) is 2.55. The lowest BCUT2D eigenvalue weighted by Crippen LogP contribution is -2.56. The molecule has 1 amide bonds. The van der Waals surface area contributed by atoms with E-state index in [0.717, 1.165) is 0 Å². The number of benzene rings is 1. The summed E-state index contributed by atoms with van der Waals surface area (Å²) in [6.07, 6.45) is -2.01. The van der Waals surface area contributed by atoms with Gasteiger partial charge in [-0.1, -0.05) is 0 Å². The van der Waals surface area contributed by atoms with Crippen LogP contribution < -0.4 is 0 Å². The zero-order valence-corrected chi connectivity index (χ0v) is 13.3. The fourth-order valence-electron chi connectivity index (χ4n) is 2.93. The van der Waals surface area contributed by atoms with Gasteiger partial charge in [-0.25, -0.2) is 9.18 Å². The van der Waals surface area contributed by atoms with Gasteiger partial charge in [0, 0.05) is 26.2 Å². The second-order valence-corrected chi connectivity index (χ2v) is 5.88. The molecule has 1 fully saturated rings. The number of carbonyl (C=O) groups is 1. The lowest BCUT2D eigenvalue weighted by atomic mass is 9.99. The predicted octanol–water partition coefficient (Wildman–Crippen LogP) is 0.696. The summed E-state index contributed by atoms with van der Waals surface area (Å²) in [4.78, 5) is 14.1. The van der Waals surface area contributed by atoms with Crippen LogP contribution in [0.3, 0.4) is 0 Å². The van der Waals surface area contributed by atoms with Crippen molar-refractivity contribution < 1.29 is 24.5 Å². The van der Waals surface area contributed by atoms with Crippen molar-refractivity contribution in [1.82, 2.24) is 9.80 Å². The van der Waals surface area contributed by atoms with E-state index in [4.69, 9.17) is 10.4 Å². The normalized spacial score (nSPS) is 19.8. The first-order valence-corrected chi connectivity index (χ1v) is 7.58. The highest BCUT2D eigenvalue weighted by Gasteiger charge is 2.30. The summed E-state index contributed by atoms with van der Waals surface area (Å²) in [5.74, 6) is -0.630. The van der Waals surface area contributed by atoms with E-state index in [1.165, 1.54) is 17.0 Å². The molecule has 0 bridgehead atoms. The van der Waals surface area contributed by atoms with Crippen LogP contribution in [0.1, 0.15) is 22.8 Å². The lowest BCUT2D eigenvalue weighted by Gasteiger charge is -2.40. The lowest BCUT2D eigenvalue weighted by molar-refractivity contribution is 0.0129. The Morgan fingerprint density at radius 2 is 2.21 bits per heavy atom. The molecular formula is C16H20FN3O4. The predicted molar refractivity (Wildman–Crippen MR) is 82.9 cm³/mol. The van der Waals surface area contributed by atoms with Gasteiger partial charge in [0.2, 0.25) is 0 Å². The maximum Gasteiger partial charge on any atom is 0.407 e. The van der Waals surface area contributed by atoms with Gasteiger partial charge in [0.15, 0.2) is 0 Å². The fraction of sp³-hybridized carbons (Fsp3) is 0.500. The van der Waals surface area contributed by atoms with Crippen molar-refractivity contribution >= 4 is 6.09 Å². The number of aliphatic hydroxyl groups excluding tert-OH is 2. The molecule has 1 unspecified atom stereocenters. The molecule has 0 aromatic heterocycles. The first kappa shape index (κ1) is 18.1. The Hall–Kier alpha value is -2.21. The van der Waals surface area contributed by atoms with Gasteiger partial charge in [0.05, 0.1) is 24.3 Å². The summed E-state index contributed by atoms with van der Waals surface area (Å²) in [6.45, 7) is 2.39. The van der Waals surface area contributed by atoms with E-state index in [2.05, 4.69) is 0 Å². The molecule has 2 atom stereocenters. The van der Waals surface area contributed by atoms with Crippen LogP contribution in [0.2, 0.25) is 0 Å². The summed E-state index contributed by atoms with van der Waals surface area (Å²) in [5, 5.41) is 37.9. The molecule has 1 aromatic carbocycles. The van der Waals surface area contributed by atoms with Gasteiger partial charge in [-0.2, -0.15) is 5.26 Å². The molecule has 1 aromatic rings. The first-order chi connectivity index (χ1) is 11.4. The minimum atomic E-state index is -1.04. The molecule has 3 N–H and O–H groups in total. The number of hydrogen-bond donors (Lipinski definition) is 3. The van der Waals surface area contributed by atoms with E-state index in [0.29, 0.717) is 17.7 Å². The molecule has 2 rings (SSSR count). The molecule has 7 nitrogen and oxygen atoms in total.